The van der Waals surface area contributed by atoms with E-state index >= 15 is 0 Å². The second-order valence-corrected chi connectivity index (χ2v) is 3.54. The first-order valence-corrected chi connectivity index (χ1v) is 5.10. The number of allylic oxidation sites excluding steroid dienone is 1. The molecule has 0 spiro atoms. The lowest BCUT2D eigenvalue weighted by molar-refractivity contribution is -0.111. The van der Waals surface area contributed by atoms with Crippen LogP contribution in [0.2, 0.25) is 0 Å². The molecule has 1 aliphatic heterocycles. The third-order valence-corrected chi connectivity index (χ3v) is 2.40. The van der Waals surface area contributed by atoms with Crippen molar-refractivity contribution >= 4 is 17.3 Å². The van der Waals surface area contributed by atoms with Crippen molar-refractivity contribution in [3.63, 3.8) is 0 Å². The average molecular weight is 202 g/mol. The van der Waals surface area contributed by atoms with E-state index in [1.807, 2.05) is 25.1 Å². The van der Waals surface area contributed by atoms with E-state index in [2.05, 4.69) is 10.6 Å². The highest BCUT2D eigenvalue weighted by Crippen LogP contribution is 2.25. The normalized spacial score (nSPS) is 13.7. The number of rotatable bonds is 2. The van der Waals surface area contributed by atoms with Crippen LogP contribution in [0.4, 0.5) is 11.4 Å². The van der Waals surface area contributed by atoms with Crippen LogP contribution in [-0.4, -0.2) is 12.5 Å². The van der Waals surface area contributed by atoms with E-state index in [4.69, 9.17) is 0 Å². The molecule has 0 saturated heterocycles. The van der Waals surface area contributed by atoms with Gasteiger partial charge in [0.15, 0.2) is 0 Å². The molecule has 78 valence electrons. The minimum atomic E-state index is -0.0802. The molecule has 0 aromatic heterocycles. The quantitative estimate of drug-likeness (QED) is 0.722. The predicted molar refractivity (Wildman–Crippen MR) is 62.1 cm³/mol. The molecular weight excluding hydrogens is 188 g/mol. The minimum Gasteiger partial charge on any atom is -0.384 e. The fourth-order valence-electron chi connectivity index (χ4n) is 1.72. The van der Waals surface area contributed by atoms with Gasteiger partial charge in [-0.3, -0.25) is 4.79 Å². The van der Waals surface area contributed by atoms with Gasteiger partial charge in [-0.1, -0.05) is 6.08 Å². The molecule has 1 aromatic rings. The van der Waals surface area contributed by atoms with Gasteiger partial charge in [-0.05, 0) is 43.2 Å². The van der Waals surface area contributed by atoms with E-state index in [9.17, 15) is 4.79 Å². The zero-order valence-corrected chi connectivity index (χ0v) is 8.71. The number of fused-ring (bicyclic) bond motifs is 1. The Kier molecular flexibility index (Phi) is 2.72. The van der Waals surface area contributed by atoms with Crippen molar-refractivity contribution in [2.75, 3.05) is 17.2 Å². The Balaban J connectivity index is 2.13. The number of benzene rings is 1. The second-order valence-electron chi connectivity index (χ2n) is 3.54. The first-order valence-electron chi connectivity index (χ1n) is 5.10. The van der Waals surface area contributed by atoms with Gasteiger partial charge in [0, 0.05) is 17.9 Å². The van der Waals surface area contributed by atoms with Gasteiger partial charge in [0.25, 0.3) is 0 Å². The van der Waals surface area contributed by atoms with Crippen LogP contribution in [0.5, 0.6) is 0 Å². The van der Waals surface area contributed by atoms with Gasteiger partial charge in [0.2, 0.25) is 5.91 Å². The molecule has 0 unspecified atom stereocenters. The molecule has 0 fully saturated rings. The molecule has 0 saturated carbocycles. The lowest BCUT2D eigenvalue weighted by atomic mass is 10.1. The lowest BCUT2D eigenvalue weighted by Crippen LogP contribution is -2.07. The van der Waals surface area contributed by atoms with Crippen LogP contribution in [0.1, 0.15) is 12.5 Å². The molecule has 1 aliphatic rings. The third kappa shape index (κ3) is 2.18. The minimum absolute atomic E-state index is 0.0802. The number of nitrogens with one attached hydrogen (secondary N) is 2. The molecule has 1 aromatic carbocycles. The van der Waals surface area contributed by atoms with Gasteiger partial charge in [-0.2, -0.15) is 0 Å². The third-order valence-electron chi connectivity index (χ3n) is 2.40. The van der Waals surface area contributed by atoms with Crippen LogP contribution in [-0.2, 0) is 11.2 Å². The molecular formula is C12H14N2O. The van der Waals surface area contributed by atoms with Crippen molar-refractivity contribution in [3.8, 4) is 0 Å². The van der Waals surface area contributed by atoms with Crippen molar-refractivity contribution in [3.05, 3.63) is 35.9 Å². The maximum Gasteiger partial charge on any atom is 0.248 e. The van der Waals surface area contributed by atoms with Gasteiger partial charge in [0.1, 0.15) is 0 Å². The van der Waals surface area contributed by atoms with E-state index in [1.54, 1.807) is 6.08 Å². The molecule has 1 amide bonds. The topological polar surface area (TPSA) is 41.1 Å². The Morgan fingerprint density at radius 2 is 2.40 bits per heavy atom. The molecule has 0 radical (unpaired) electrons. The Bertz CT molecular complexity index is 410. The van der Waals surface area contributed by atoms with Gasteiger partial charge in [-0.25, -0.2) is 0 Å². The van der Waals surface area contributed by atoms with E-state index in [1.165, 1.54) is 17.3 Å². The summed E-state index contributed by atoms with van der Waals surface area (Å²) in [6.07, 6.45) is 4.28. The van der Waals surface area contributed by atoms with Crippen LogP contribution in [0.25, 0.3) is 0 Å². The highest BCUT2D eigenvalue weighted by atomic mass is 16.1. The molecule has 3 heteroatoms. The Labute approximate surface area is 89.2 Å². The maximum absolute atomic E-state index is 11.3. The molecule has 3 nitrogen and oxygen atoms in total. The standard InChI is InChI=1S/C12H14N2O/c1-2-3-12(15)14-10-4-5-11-9(8-10)6-7-13-11/h2-5,8,13H,6-7H2,1H3,(H,14,15)/b3-2+. The van der Waals surface area contributed by atoms with Gasteiger partial charge < -0.3 is 10.6 Å². The fourth-order valence-corrected chi connectivity index (χ4v) is 1.72. The molecule has 2 rings (SSSR count). The maximum atomic E-state index is 11.3. The van der Waals surface area contributed by atoms with Crippen LogP contribution >= 0.6 is 0 Å². The highest BCUT2D eigenvalue weighted by molar-refractivity contribution is 5.99. The summed E-state index contributed by atoms with van der Waals surface area (Å²) in [5, 5.41) is 6.10. The summed E-state index contributed by atoms with van der Waals surface area (Å²) in [5.74, 6) is -0.0802. The molecule has 2 N–H and O–H groups in total. The summed E-state index contributed by atoms with van der Waals surface area (Å²) in [7, 11) is 0. The number of hydrogen-bond acceptors (Lipinski definition) is 2. The number of amides is 1. The first-order chi connectivity index (χ1) is 7.29. The van der Waals surface area contributed by atoms with Crippen molar-refractivity contribution in [1.29, 1.82) is 0 Å². The first kappa shape index (κ1) is 9.77. The fraction of sp³-hybridized carbons (Fsp3) is 0.250. The summed E-state index contributed by atoms with van der Waals surface area (Å²) in [4.78, 5) is 11.3. The van der Waals surface area contributed by atoms with Crippen molar-refractivity contribution in [2.45, 2.75) is 13.3 Å². The summed E-state index contributed by atoms with van der Waals surface area (Å²) in [5.41, 5.74) is 3.31. The number of hydrogen-bond donors (Lipinski definition) is 2. The summed E-state index contributed by atoms with van der Waals surface area (Å²) < 4.78 is 0. The van der Waals surface area contributed by atoms with Gasteiger partial charge in [0.05, 0.1) is 0 Å². The van der Waals surface area contributed by atoms with E-state index in [0.717, 1.165) is 18.7 Å². The number of carbonyl (C=O) groups excluding carboxylic acids is 1. The van der Waals surface area contributed by atoms with Crippen LogP contribution in [0, 0.1) is 0 Å². The molecule has 0 bridgehead atoms. The Morgan fingerprint density at radius 3 is 3.20 bits per heavy atom. The molecule has 0 atom stereocenters. The van der Waals surface area contributed by atoms with E-state index in [0.29, 0.717) is 0 Å². The van der Waals surface area contributed by atoms with Crippen LogP contribution in [0.3, 0.4) is 0 Å². The smallest absolute Gasteiger partial charge is 0.248 e. The number of carbonyl (C=O) groups is 1. The van der Waals surface area contributed by atoms with Gasteiger partial charge in [-0.15, -0.1) is 0 Å². The molecule has 0 aliphatic carbocycles. The van der Waals surface area contributed by atoms with Crippen LogP contribution in [0.15, 0.2) is 30.4 Å². The van der Waals surface area contributed by atoms with E-state index < -0.39 is 0 Å². The predicted octanol–water partition coefficient (Wildman–Crippen LogP) is 2.17. The zero-order valence-electron chi connectivity index (χ0n) is 8.71. The highest BCUT2D eigenvalue weighted by Gasteiger charge is 2.10. The Morgan fingerprint density at radius 1 is 1.53 bits per heavy atom. The second kappa shape index (κ2) is 4.17. The molecule has 15 heavy (non-hydrogen) atoms. The SMILES string of the molecule is C/C=C/C(=O)Nc1ccc2c(c1)CCN2. The molecule has 1 heterocycles. The van der Waals surface area contributed by atoms with Crippen LogP contribution < -0.4 is 10.6 Å². The summed E-state index contributed by atoms with van der Waals surface area (Å²) in [6, 6.07) is 5.95. The Hall–Kier alpha value is -1.77. The van der Waals surface area contributed by atoms with Crippen molar-refractivity contribution < 1.29 is 4.79 Å². The van der Waals surface area contributed by atoms with Crippen molar-refractivity contribution in [1.82, 2.24) is 0 Å². The monoisotopic (exact) mass is 202 g/mol. The largest absolute Gasteiger partial charge is 0.384 e. The average Bonchev–Trinajstić information content (AvgIpc) is 2.65. The zero-order chi connectivity index (χ0) is 10.7. The summed E-state index contributed by atoms with van der Waals surface area (Å²) >= 11 is 0. The number of anilines is 2. The summed E-state index contributed by atoms with van der Waals surface area (Å²) in [6.45, 7) is 2.81. The van der Waals surface area contributed by atoms with Gasteiger partial charge >= 0.3 is 0 Å². The van der Waals surface area contributed by atoms with Crippen molar-refractivity contribution in [2.24, 2.45) is 0 Å². The lowest BCUT2D eigenvalue weighted by Gasteiger charge is -2.04. The van der Waals surface area contributed by atoms with E-state index in [-0.39, 0.29) is 5.91 Å².